The number of esters is 1. The minimum atomic E-state index is -0.598. The largest absolute Gasteiger partial charge is 0.461 e. The Balaban J connectivity index is 2.32. The van der Waals surface area contributed by atoms with Gasteiger partial charge in [0.2, 0.25) is 0 Å². The van der Waals surface area contributed by atoms with Crippen LogP contribution in [0.25, 0.3) is 16.5 Å². The van der Waals surface area contributed by atoms with Crippen LogP contribution in [-0.2, 0) is 4.74 Å². The third-order valence-corrected chi connectivity index (χ3v) is 4.10. The van der Waals surface area contributed by atoms with E-state index in [-0.39, 0.29) is 17.7 Å². The van der Waals surface area contributed by atoms with Gasteiger partial charge >= 0.3 is 5.97 Å². The average molecular weight is 330 g/mol. The molecule has 0 fully saturated rings. The highest BCUT2D eigenvalue weighted by atomic mass is 32.1. The molecule has 0 aliphatic rings. The van der Waals surface area contributed by atoms with Gasteiger partial charge in [-0.25, -0.2) is 4.79 Å². The van der Waals surface area contributed by atoms with E-state index < -0.39 is 11.5 Å². The summed E-state index contributed by atoms with van der Waals surface area (Å²) in [5.74, 6) is -0.598. The molecule has 23 heavy (non-hydrogen) atoms. The van der Waals surface area contributed by atoms with E-state index in [1.54, 1.807) is 36.6 Å². The van der Waals surface area contributed by atoms with Crippen LogP contribution in [0.4, 0.5) is 10.7 Å². The van der Waals surface area contributed by atoms with Gasteiger partial charge in [-0.05, 0) is 31.2 Å². The number of thiophene rings is 1. The van der Waals surface area contributed by atoms with Crippen LogP contribution in [0, 0.1) is 0 Å². The molecule has 1 aromatic carbocycles. The van der Waals surface area contributed by atoms with Gasteiger partial charge in [0.05, 0.1) is 22.7 Å². The van der Waals surface area contributed by atoms with Crippen molar-refractivity contribution in [3.05, 3.63) is 45.7 Å². The summed E-state index contributed by atoms with van der Waals surface area (Å²) in [6.07, 6.45) is 0. The third kappa shape index (κ3) is 2.53. The maximum absolute atomic E-state index is 12.7. The van der Waals surface area contributed by atoms with E-state index in [0.717, 1.165) is 4.68 Å². The Hall–Kier alpha value is -2.87. The fourth-order valence-corrected chi connectivity index (χ4v) is 3.00. The highest BCUT2D eigenvalue weighted by Crippen LogP contribution is 2.27. The van der Waals surface area contributed by atoms with Crippen molar-refractivity contribution in [1.29, 1.82) is 0 Å². The topological polar surface area (TPSA) is 113 Å². The summed E-state index contributed by atoms with van der Waals surface area (Å²) in [4.78, 5) is 24.8. The number of nitrogens with two attached hydrogens (primary N) is 2. The van der Waals surface area contributed by atoms with Crippen molar-refractivity contribution in [1.82, 2.24) is 9.78 Å². The Morgan fingerprint density at radius 2 is 2.00 bits per heavy atom. The van der Waals surface area contributed by atoms with E-state index in [1.165, 1.54) is 11.3 Å². The summed E-state index contributed by atoms with van der Waals surface area (Å²) in [5, 5.41) is 6.82. The number of aromatic nitrogens is 2. The SMILES string of the molecule is CCOC(=O)c1nn(-c2ccc(N)cc2)c(=O)c2c(N)scc12. The lowest BCUT2D eigenvalue weighted by Gasteiger charge is -2.09. The number of ether oxygens (including phenoxy) is 1. The monoisotopic (exact) mass is 330 g/mol. The van der Waals surface area contributed by atoms with E-state index in [1.807, 2.05) is 0 Å². The molecule has 0 amide bonds. The molecule has 8 heteroatoms. The second kappa shape index (κ2) is 5.73. The fraction of sp³-hybridized carbons (Fsp3) is 0.133. The summed E-state index contributed by atoms with van der Waals surface area (Å²) >= 11 is 1.18. The molecule has 2 heterocycles. The predicted octanol–water partition coefficient (Wildman–Crippen LogP) is 1.79. The number of hydrogen-bond acceptors (Lipinski definition) is 7. The normalized spacial score (nSPS) is 10.8. The van der Waals surface area contributed by atoms with Crippen LogP contribution in [0.2, 0.25) is 0 Å². The summed E-state index contributed by atoms with van der Waals surface area (Å²) in [6, 6.07) is 6.59. The summed E-state index contributed by atoms with van der Waals surface area (Å²) in [7, 11) is 0. The highest BCUT2D eigenvalue weighted by molar-refractivity contribution is 7.15. The average Bonchev–Trinajstić information content (AvgIpc) is 2.91. The lowest BCUT2D eigenvalue weighted by molar-refractivity contribution is 0.0520. The first-order valence-electron chi connectivity index (χ1n) is 6.86. The number of carbonyl (C=O) groups is 1. The van der Waals surface area contributed by atoms with Crippen molar-refractivity contribution in [3.8, 4) is 5.69 Å². The number of fused-ring (bicyclic) bond motifs is 1. The molecule has 0 unspecified atom stereocenters. The van der Waals surface area contributed by atoms with Crippen molar-refractivity contribution in [2.24, 2.45) is 0 Å². The maximum Gasteiger partial charge on any atom is 0.359 e. The van der Waals surface area contributed by atoms with Crippen molar-refractivity contribution >= 4 is 38.8 Å². The Labute approximate surface area is 135 Å². The first-order valence-corrected chi connectivity index (χ1v) is 7.74. The van der Waals surface area contributed by atoms with Crippen LogP contribution in [0.3, 0.4) is 0 Å². The van der Waals surface area contributed by atoms with Gasteiger partial charge in [0, 0.05) is 16.5 Å². The van der Waals surface area contributed by atoms with Gasteiger partial charge < -0.3 is 16.2 Å². The first kappa shape index (κ1) is 15.0. The zero-order chi connectivity index (χ0) is 16.6. The first-order chi connectivity index (χ1) is 11.0. The van der Waals surface area contributed by atoms with E-state index in [2.05, 4.69) is 5.10 Å². The van der Waals surface area contributed by atoms with Crippen molar-refractivity contribution in [3.63, 3.8) is 0 Å². The molecule has 118 valence electrons. The van der Waals surface area contributed by atoms with Crippen LogP contribution in [-0.4, -0.2) is 22.4 Å². The third-order valence-electron chi connectivity index (χ3n) is 3.29. The Morgan fingerprint density at radius 1 is 1.30 bits per heavy atom. The molecule has 0 spiro atoms. The lowest BCUT2D eigenvalue weighted by Crippen LogP contribution is -2.25. The molecule has 0 bridgehead atoms. The second-order valence-electron chi connectivity index (χ2n) is 4.77. The van der Waals surface area contributed by atoms with Crippen LogP contribution in [0.1, 0.15) is 17.4 Å². The molecule has 0 radical (unpaired) electrons. The molecular formula is C15H14N4O3S. The number of rotatable bonds is 3. The number of hydrogen-bond donors (Lipinski definition) is 2. The van der Waals surface area contributed by atoms with Crippen LogP contribution in [0.15, 0.2) is 34.4 Å². The molecule has 0 saturated heterocycles. The van der Waals surface area contributed by atoms with Gasteiger partial charge in [-0.15, -0.1) is 11.3 Å². The molecular weight excluding hydrogens is 316 g/mol. The predicted molar refractivity (Wildman–Crippen MR) is 90.0 cm³/mol. The zero-order valence-corrected chi connectivity index (χ0v) is 13.1. The van der Waals surface area contributed by atoms with Crippen LogP contribution >= 0.6 is 11.3 Å². The fourth-order valence-electron chi connectivity index (χ4n) is 2.21. The van der Waals surface area contributed by atoms with Gasteiger partial charge in [0.1, 0.15) is 0 Å². The van der Waals surface area contributed by atoms with Crippen LogP contribution in [0.5, 0.6) is 0 Å². The van der Waals surface area contributed by atoms with Gasteiger partial charge in [0.25, 0.3) is 5.56 Å². The summed E-state index contributed by atoms with van der Waals surface area (Å²) < 4.78 is 6.16. The Morgan fingerprint density at radius 3 is 2.65 bits per heavy atom. The van der Waals surface area contributed by atoms with Crippen molar-refractivity contribution < 1.29 is 9.53 Å². The molecule has 2 aromatic heterocycles. The molecule has 3 aromatic rings. The Bertz CT molecular complexity index is 944. The van der Waals surface area contributed by atoms with Gasteiger partial charge in [-0.3, -0.25) is 4.79 Å². The van der Waals surface area contributed by atoms with Crippen molar-refractivity contribution in [2.75, 3.05) is 18.1 Å². The van der Waals surface area contributed by atoms with E-state index >= 15 is 0 Å². The van der Waals surface area contributed by atoms with Crippen molar-refractivity contribution in [2.45, 2.75) is 6.92 Å². The Kier molecular flexibility index (Phi) is 3.75. The quantitative estimate of drug-likeness (QED) is 0.559. The highest BCUT2D eigenvalue weighted by Gasteiger charge is 2.21. The molecule has 0 aliphatic heterocycles. The molecule has 4 N–H and O–H groups in total. The van der Waals surface area contributed by atoms with Gasteiger partial charge in [-0.2, -0.15) is 9.78 Å². The number of nitrogen functional groups attached to an aromatic ring is 2. The minimum absolute atomic E-state index is 0.0613. The summed E-state index contributed by atoms with van der Waals surface area (Å²) in [6.45, 7) is 1.91. The van der Waals surface area contributed by atoms with Gasteiger partial charge in [-0.1, -0.05) is 0 Å². The van der Waals surface area contributed by atoms with E-state index in [0.29, 0.717) is 21.8 Å². The molecule has 0 atom stereocenters. The standard InChI is InChI=1S/C15H14N4O3S/c1-2-22-15(21)12-10-7-23-13(17)11(10)14(20)19(18-12)9-5-3-8(16)4-6-9/h3-7H,2,16-17H2,1H3. The van der Waals surface area contributed by atoms with E-state index in [4.69, 9.17) is 16.2 Å². The summed E-state index contributed by atoms with van der Waals surface area (Å²) in [5.41, 5.74) is 12.3. The molecule has 7 nitrogen and oxygen atoms in total. The smallest absolute Gasteiger partial charge is 0.359 e. The molecule has 3 rings (SSSR count). The lowest BCUT2D eigenvalue weighted by atomic mass is 10.2. The molecule has 0 saturated carbocycles. The molecule has 0 aliphatic carbocycles. The number of anilines is 2. The zero-order valence-electron chi connectivity index (χ0n) is 12.3. The van der Waals surface area contributed by atoms with Gasteiger partial charge in [0.15, 0.2) is 5.69 Å². The number of nitrogens with zero attached hydrogens (tertiary/aromatic N) is 2. The second-order valence-corrected chi connectivity index (χ2v) is 5.68. The minimum Gasteiger partial charge on any atom is -0.461 e. The maximum atomic E-state index is 12.7. The van der Waals surface area contributed by atoms with Crippen LogP contribution < -0.4 is 17.0 Å². The number of benzene rings is 1. The van der Waals surface area contributed by atoms with E-state index in [9.17, 15) is 9.59 Å². The number of carbonyl (C=O) groups excluding carboxylic acids is 1.